The van der Waals surface area contributed by atoms with Gasteiger partial charge >= 0.3 is 5.97 Å². The highest BCUT2D eigenvalue weighted by Gasteiger charge is 2.22. The summed E-state index contributed by atoms with van der Waals surface area (Å²) in [4.78, 5) is 11.5. The standard InChI is InChI=1S/C11H10ClNO4/c1-15-8-4-6(11(14)17-3)7(5-13)9(12)10(8)16-2/h4H,1-3H3. The number of nitriles is 1. The van der Waals surface area contributed by atoms with E-state index in [0.717, 1.165) is 0 Å². The van der Waals surface area contributed by atoms with E-state index in [0.29, 0.717) is 0 Å². The van der Waals surface area contributed by atoms with Crippen molar-refractivity contribution in [3.05, 3.63) is 22.2 Å². The van der Waals surface area contributed by atoms with Crippen LogP contribution in [0.3, 0.4) is 0 Å². The van der Waals surface area contributed by atoms with Gasteiger partial charge in [-0.25, -0.2) is 4.79 Å². The number of rotatable bonds is 3. The number of esters is 1. The number of methoxy groups -OCH3 is 3. The van der Waals surface area contributed by atoms with Gasteiger partial charge < -0.3 is 14.2 Å². The molecule has 0 aromatic heterocycles. The molecule has 1 aromatic rings. The van der Waals surface area contributed by atoms with E-state index in [1.165, 1.54) is 27.4 Å². The van der Waals surface area contributed by atoms with Crippen molar-refractivity contribution in [3.8, 4) is 17.6 Å². The van der Waals surface area contributed by atoms with E-state index in [-0.39, 0.29) is 27.6 Å². The summed E-state index contributed by atoms with van der Waals surface area (Å²) >= 11 is 5.96. The lowest BCUT2D eigenvalue weighted by atomic mass is 10.1. The molecule has 0 fully saturated rings. The smallest absolute Gasteiger partial charge is 0.339 e. The molecule has 0 heterocycles. The van der Waals surface area contributed by atoms with E-state index in [9.17, 15) is 4.79 Å². The van der Waals surface area contributed by atoms with E-state index in [2.05, 4.69) is 4.74 Å². The second kappa shape index (κ2) is 5.41. The van der Waals surface area contributed by atoms with Gasteiger partial charge in [0.2, 0.25) is 0 Å². The van der Waals surface area contributed by atoms with Gasteiger partial charge in [0.25, 0.3) is 0 Å². The third kappa shape index (κ3) is 2.27. The van der Waals surface area contributed by atoms with Crippen molar-refractivity contribution in [2.45, 2.75) is 0 Å². The van der Waals surface area contributed by atoms with Crippen molar-refractivity contribution in [1.29, 1.82) is 5.26 Å². The molecule has 0 atom stereocenters. The van der Waals surface area contributed by atoms with Crippen molar-refractivity contribution in [2.75, 3.05) is 21.3 Å². The Morgan fingerprint density at radius 2 is 2.00 bits per heavy atom. The molecule has 1 aromatic carbocycles. The first kappa shape index (κ1) is 13.1. The van der Waals surface area contributed by atoms with Crippen molar-refractivity contribution in [3.63, 3.8) is 0 Å². The second-order valence-corrected chi connectivity index (χ2v) is 3.33. The summed E-state index contributed by atoms with van der Waals surface area (Å²) in [6.45, 7) is 0. The van der Waals surface area contributed by atoms with E-state index in [4.69, 9.17) is 26.3 Å². The number of hydrogen-bond acceptors (Lipinski definition) is 5. The third-order valence-electron chi connectivity index (χ3n) is 2.13. The SMILES string of the molecule is COC(=O)c1cc(OC)c(OC)c(Cl)c1C#N. The Kier molecular flexibility index (Phi) is 4.18. The fourth-order valence-corrected chi connectivity index (χ4v) is 1.65. The number of benzene rings is 1. The quantitative estimate of drug-likeness (QED) is 0.773. The van der Waals surface area contributed by atoms with Gasteiger partial charge in [-0.15, -0.1) is 0 Å². The zero-order valence-electron chi connectivity index (χ0n) is 9.54. The molecule has 90 valence electrons. The van der Waals surface area contributed by atoms with Gasteiger partial charge in [0.05, 0.1) is 32.5 Å². The maximum absolute atomic E-state index is 11.5. The molecule has 0 amide bonds. The highest BCUT2D eigenvalue weighted by Crippen LogP contribution is 2.39. The maximum atomic E-state index is 11.5. The lowest BCUT2D eigenvalue weighted by Crippen LogP contribution is -2.06. The predicted molar refractivity (Wildman–Crippen MR) is 60.6 cm³/mol. The Labute approximate surface area is 103 Å². The van der Waals surface area contributed by atoms with Crippen LogP contribution in [0.5, 0.6) is 11.5 Å². The van der Waals surface area contributed by atoms with E-state index >= 15 is 0 Å². The molecule has 0 radical (unpaired) electrons. The Morgan fingerprint density at radius 1 is 1.35 bits per heavy atom. The normalized spacial score (nSPS) is 9.35. The van der Waals surface area contributed by atoms with Crippen molar-refractivity contribution >= 4 is 17.6 Å². The van der Waals surface area contributed by atoms with E-state index in [1.54, 1.807) is 0 Å². The molecule has 0 aliphatic heterocycles. The van der Waals surface area contributed by atoms with Crippen molar-refractivity contribution in [2.24, 2.45) is 0 Å². The fourth-order valence-electron chi connectivity index (χ4n) is 1.33. The maximum Gasteiger partial charge on any atom is 0.339 e. The van der Waals surface area contributed by atoms with Gasteiger partial charge in [0.1, 0.15) is 11.1 Å². The van der Waals surface area contributed by atoms with Crippen LogP contribution in [0.15, 0.2) is 6.07 Å². The van der Waals surface area contributed by atoms with Crippen LogP contribution in [0.2, 0.25) is 5.02 Å². The summed E-state index contributed by atoms with van der Waals surface area (Å²) in [6.07, 6.45) is 0. The second-order valence-electron chi connectivity index (χ2n) is 2.95. The summed E-state index contributed by atoms with van der Waals surface area (Å²) < 4.78 is 14.6. The van der Waals surface area contributed by atoms with Crippen LogP contribution < -0.4 is 9.47 Å². The van der Waals surface area contributed by atoms with E-state index in [1.807, 2.05) is 6.07 Å². The van der Waals surface area contributed by atoms with Gasteiger partial charge in [0.15, 0.2) is 11.5 Å². The Hall–Kier alpha value is -1.93. The molecule has 0 N–H and O–H groups in total. The Bertz CT molecular complexity index is 493. The summed E-state index contributed by atoms with van der Waals surface area (Å²) in [7, 11) is 4.01. The average molecular weight is 256 g/mol. The summed E-state index contributed by atoms with van der Waals surface area (Å²) in [5.74, 6) is -0.195. The minimum absolute atomic E-state index is 0.00355. The molecule has 0 aliphatic carbocycles. The van der Waals surface area contributed by atoms with Crippen LogP contribution in [0.25, 0.3) is 0 Å². The van der Waals surface area contributed by atoms with Gasteiger partial charge in [-0.2, -0.15) is 5.26 Å². The van der Waals surface area contributed by atoms with Crippen LogP contribution >= 0.6 is 11.6 Å². The lowest BCUT2D eigenvalue weighted by Gasteiger charge is -2.12. The summed E-state index contributed by atoms with van der Waals surface area (Å²) in [6, 6.07) is 3.19. The van der Waals surface area contributed by atoms with Crippen molar-refractivity contribution < 1.29 is 19.0 Å². The number of halogens is 1. The molecule has 0 unspecified atom stereocenters. The zero-order valence-corrected chi connectivity index (χ0v) is 10.3. The summed E-state index contributed by atoms with van der Waals surface area (Å²) in [5, 5.41) is 9.01. The number of ether oxygens (including phenoxy) is 3. The first-order valence-electron chi connectivity index (χ1n) is 4.53. The molecule has 6 heteroatoms. The number of carbonyl (C=O) groups is 1. The molecule has 1 rings (SSSR count). The number of carbonyl (C=O) groups excluding carboxylic acids is 1. The zero-order chi connectivity index (χ0) is 13.0. The highest BCUT2D eigenvalue weighted by atomic mass is 35.5. The van der Waals surface area contributed by atoms with Crippen LogP contribution in [0.1, 0.15) is 15.9 Å². The van der Waals surface area contributed by atoms with Crippen LogP contribution in [0, 0.1) is 11.3 Å². The van der Waals surface area contributed by atoms with Crippen LogP contribution in [0.4, 0.5) is 0 Å². The molecular formula is C11H10ClNO4. The number of nitrogens with zero attached hydrogens (tertiary/aromatic N) is 1. The van der Waals surface area contributed by atoms with Gasteiger partial charge in [-0.05, 0) is 6.07 Å². The third-order valence-corrected chi connectivity index (χ3v) is 2.49. The molecule has 0 bridgehead atoms. The van der Waals surface area contributed by atoms with Gasteiger partial charge in [0, 0.05) is 0 Å². The minimum atomic E-state index is -0.663. The fraction of sp³-hybridized carbons (Fsp3) is 0.273. The molecule has 0 aliphatic rings. The highest BCUT2D eigenvalue weighted by molar-refractivity contribution is 6.34. The van der Waals surface area contributed by atoms with E-state index < -0.39 is 5.97 Å². The minimum Gasteiger partial charge on any atom is -0.493 e. The van der Waals surface area contributed by atoms with Crippen molar-refractivity contribution in [1.82, 2.24) is 0 Å². The molecule has 0 saturated carbocycles. The van der Waals surface area contributed by atoms with Crippen LogP contribution in [-0.4, -0.2) is 27.3 Å². The molecule has 5 nitrogen and oxygen atoms in total. The molecular weight excluding hydrogens is 246 g/mol. The largest absolute Gasteiger partial charge is 0.493 e. The Morgan fingerprint density at radius 3 is 2.41 bits per heavy atom. The first-order valence-corrected chi connectivity index (χ1v) is 4.91. The monoisotopic (exact) mass is 255 g/mol. The summed E-state index contributed by atoms with van der Waals surface area (Å²) in [5.41, 5.74) is 0.0359. The first-order chi connectivity index (χ1) is 8.10. The molecule has 17 heavy (non-hydrogen) atoms. The average Bonchev–Trinajstić information content (AvgIpc) is 2.36. The number of hydrogen-bond donors (Lipinski definition) is 0. The molecule has 0 spiro atoms. The lowest BCUT2D eigenvalue weighted by molar-refractivity contribution is 0.0600. The topological polar surface area (TPSA) is 68.6 Å². The predicted octanol–water partition coefficient (Wildman–Crippen LogP) is 2.02. The Balaban J connectivity index is 3.58. The van der Waals surface area contributed by atoms with Gasteiger partial charge in [-0.3, -0.25) is 0 Å². The molecule has 0 saturated heterocycles. The van der Waals surface area contributed by atoms with Crippen LogP contribution in [-0.2, 0) is 4.74 Å². The van der Waals surface area contributed by atoms with Gasteiger partial charge in [-0.1, -0.05) is 11.6 Å².